The standard InChI is InChI=1S/2C6H14.CH4.I2/c2*1-4-6(3)5-2;;1-2/h2*6H,4-5H2,1-3H3;1H4;. The molecule has 0 aromatic carbocycles. The molecule has 0 saturated carbocycles. The van der Waals surface area contributed by atoms with Crippen molar-refractivity contribution in [3.05, 3.63) is 0 Å². The summed E-state index contributed by atoms with van der Waals surface area (Å²) in [6.45, 7) is 13.5. The Morgan fingerprint density at radius 1 is 0.667 bits per heavy atom. The molecule has 2 heteroatoms. The van der Waals surface area contributed by atoms with Crippen molar-refractivity contribution in [2.24, 2.45) is 11.8 Å². The molecule has 0 atom stereocenters. The van der Waals surface area contributed by atoms with Gasteiger partial charge in [0.15, 0.2) is 0 Å². The van der Waals surface area contributed by atoms with Crippen molar-refractivity contribution in [3.8, 4) is 0 Å². The van der Waals surface area contributed by atoms with Crippen LogP contribution in [-0.4, -0.2) is 0 Å². The van der Waals surface area contributed by atoms with E-state index >= 15 is 0 Å². The summed E-state index contributed by atoms with van der Waals surface area (Å²) >= 11 is 4.24. The second-order valence-electron chi connectivity index (χ2n) is 3.84. The van der Waals surface area contributed by atoms with Crippen LogP contribution in [0.1, 0.15) is 74.7 Å². The van der Waals surface area contributed by atoms with Crippen molar-refractivity contribution in [1.29, 1.82) is 0 Å². The fraction of sp³-hybridized carbons (Fsp3) is 1.00. The minimum atomic E-state index is 0. The summed E-state index contributed by atoms with van der Waals surface area (Å²) < 4.78 is 0. The van der Waals surface area contributed by atoms with Gasteiger partial charge in [0.2, 0.25) is 0 Å². The van der Waals surface area contributed by atoms with E-state index in [2.05, 4.69) is 78.8 Å². The van der Waals surface area contributed by atoms with Crippen LogP contribution in [0.25, 0.3) is 0 Å². The van der Waals surface area contributed by atoms with Crippen LogP contribution in [-0.2, 0) is 0 Å². The summed E-state index contributed by atoms with van der Waals surface area (Å²) in [4.78, 5) is 0. The highest BCUT2D eigenvalue weighted by atomic mass is 128. The van der Waals surface area contributed by atoms with E-state index in [0.717, 1.165) is 11.8 Å². The molecule has 0 amide bonds. The number of halogens is 2. The average molecular weight is 442 g/mol. The Bertz CT molecular complexity index is 56.9. The zero-order valence-corrected chi connectivity index (χ0v) is 15.1. The zero-order chi connectivity index (χ0) is 12.0. The van der Waals surface area contributed by atoms with Crippen LogP contribution in [0.3, 0.4) is 0 Å². The van der Waals surface area contributed by atoms with Gasteiger partial charge in [-0.25, -0.2) is 0 Å². The van der Waals surface area contributed by atoms with E-state index in [0.29, 0.717) is 0 Å². The van der Waals surface area contributed by atoms with Crippen LogP contribution in [0.4, 0.5) is 0 Å². The first kappa shape index (κ1) is 25.3. The molecule has 0 aromatic heterocycles. The smallest absolute Gasteiger partial charge is 0 e. The topological polar surface area (TPSA) is 0 Å². The highest BCUT2D eigenvalue weighted by molar-refractivity contribution is 15.0. The molecule has 0 fully saturated rings. The van der Waals surface area contributed by atoms with Gasteiger partial charge in [0.05, 0.1) is 0 Å². The Morgan fingerprint density at radius 2 is 0.800 bits per heavy atom. The molecule has 0 heterocycles. The van der Waals surface area contributed by atoms with Gasteiger partial charge in [0.1, 0.15) is 0 Å². The van der Waals surface area contributed by atoms with E-state index in [1.54, 1.807) is 0 Å². The molecule has 0 aliphatic heterocycles. The van der Waals surface area contributed by atoms with Gasteiger partial charge in [-0.1, -0.05) is 74.7 Å². The normalized spacial score (nSPS) is 8.40. The van der Waals surface area contributed by atoms with Gasteiger partial charge < -0.3 is 0 Å². The van der Waals surface area contributed by atoms with E-state index in [-0.39, 0.29) is 7.43 Å². The first-order chi connectivity index (χ1) is 6.62. The van der Waals surface area contributed by atoms with Crippen molar-refractivity contribution < 1.29 is 0 Å². The molecule has 0 unspecified atom stereocenters. The largest absolute Gasteiger partial charge is 0.0776 e. The Balaban J connectivity index is -0.0000000653. The molecule has 0 radical (unpaired) electrons. The predicted octanol–water partition coefficient (Wildman–Crippen LogP) is 7.29. The highest BCUT2D eigenvalue weighted by Gasteiger charge is 1.89. The van der Waals surface area contributed by atoms with Crippen molar-refractivity contribution in [3.63, 3.8) is 0 Å². The second kappa shape index (κ2) is 24.6. The molecular formula is C13H32I2. The lowest BCUT2D eigenvalue weighted by Crippen LogP contribution is -1.85. The van der Waals surface area contributed by atoms with Crippen LogP contribution < -0.4 is 0 Å². The number of hydrogen-bond acceptors (Lipinski definition) is 0. The SMILES string of the molecule is C.CCC(C)CC.CCC(C)CC.II. The Hall–Kier alpha value is 1.46. The minimum Gasteiger partial charge on any atom is -0.0776 e. The van der Waals surface area contributed by atoms with Crippen LogP contribution in [0.5, 0.6) is 0 Å². The molecule has 0 aromatic rings. The van der Waals surface area contributed by atoms with E-state index in [1.807, 2.05) is 0 Å². The van der Waals surface area contributed by atoms with Gasteiger partial charge in [0, 0.05) is 37.2 Å². The second-order valence-corrected chi connectivity index (χ2v) is 3.84. The Labute approximate surface area is 123 Å². The van der Waals surface area contributed by atoms with Crippen molar-refractivity contribution in [2.45, 2.75) is 74.7 Å². The lowest BCUT2D eigenvalue weighted by Gasteiger charge is -1.98. The zero-order valence-electron chi connectivity index (χ0n) is 10.7. The quantitative estimate of drug-likeness (QED) is 0.401. The summed E-state index contributed by atoms with van der Waals surface area (Å²) in [5, 5.41) is 0. The summed E-state index contributed by atoms with van der Waals surface area (Å²) in [5.74, 6) is 1.87. The maximum Gasteiger partial charge on any atom is 0 e. The average Bonchev–Trinajstić information content (AvgIpc) is 2.30. The van der Waals surface area contributed by atoms with Crippen molar-refractivity contribution in [2.75, 3.05) is 0 Å². The minimum absolute atomic E-state index is 0. The van der Waals surface area contributed by atoms with Gasteiger partial charge in [0.25, 0.3) is 0 Å². The Morgan fingerprint density at radius 3 is 0.800 bits per heavy atom. The van der Waals surface area contributed by atoms with Gasteiger partial charge >= 0.3 is 0 Å². The highest BCUT2D eigenvalue weighted by Crippen LogP contribution is 2.03. The van der Waals surface area contributed by atoms with Crippen LogP contribution >= 0.6 is 37.2 Å². The van der Waals surface area contributed by atoms with Gasteiger partial charge in [-0.2, -0.15) is 0 Å². The van der Waals surface area contributed by atoms with E-state index in [1.165, 1.54) is 25.7 Å². The summed E-state index contributed by atoms with van der Waals surface area (Å²) in [6, 6.07) is 0. The maximum atomic E-state index is 2.28. The molecular weight excluding hydrogens is 410 g/mol. The molecule has 0 nitrogen and oxygen atoms in total. The van der Waals surface area contributed by atoms with Gasteiger partial charge in [-0.3, -0.25) is 0 Å². The van der Waals surface area contributed by atoms with Gasteiger partial charge in [-0.05, 0) is 11.8 Å². The molecule has 0 aliphatic rings. The van der Waals surface area contributed by atoms with E-state index < -0.39 is 0 Å². The third-order valence-corrected chi connectivity index (χ3v) is 2.79. The number of hydrogen-bond donors (Lipinski definition) is 0. The van der Waals surface area contributed by atoms with Gasteiger partial charge in [-0.15, -0.1) is 0 Å². The molecule has 0 spiro atoms. The maximum absolute atomic E-state index is 2.28. The first-order valence-electron chi connectivity index (χ1n) is 5.76. The first-order valence-corrected chi connectivity index (χ1v) is 12.0. The lowest BCUT2D eigenvalue weighted by molar-refractivity contribution is 0.544. The predicted molar refractivity (Wildman–Crippen MR) is 94.3 cm³/mol. The molecule has 0 aliphatic carbocycles. The summed E-state index contributed by atoms with van der Waals surface area (Å²) in [6.07, 6.45) is 5.32. The van der Waals surface area contributed by atoms with Crippen LogP contribution in [0.2, 0.25) is 0 Å². The summed E-state index contributed by atoms with van der Waals surface area (Å²) in [5.41, 5.74) is 0. The fourth-order valence-corrected chi connectivity index (χ4v) is 0.577. The number of rotatable bonds is 4. The third kappa shape index (κ3) is 31.3. The fourth-order valence-electron chi connectivity index (χ4n) is 0.577. The van der Waals surface area contributed by atoms with Crippen molar-refractivity contribution >= 4 is 37.2 Å². The monoisotopic (exact) mass is 442 g/mol. The molecule has 0 N–H and O–H groups in total. The molecule has 15 heavy (non-hydrogen) atoms. The summed E-state index contributed by atoms with van der Waals surface area (Å²) in [7, 11) is 0. The Kier molecular flexibility index (Phi) is 41.6. The third-order valence-electron chi connectivity index (χ3n) is 2.79. The van der Waals surface area contributed by atoms with Crippen LogP contribution in [0.15, 0.2) is 0 Å². The van der Waals surface area contributed by atoms with E-state index in [4.69, 9.17) is 0 Å². The lowest BCUT2D eigenvalue weighted by atomic mass is 10.1. The molecule has 98 valence electrons. The van der Waals surface area contributed by atoms with Crippen molar-refractivity contribution in [1.82, 2.24) is 0 Å². The molecule has 0 saturated heterocycles. The molecule has 0 bridgehead atoms. The van der Waals surface area contributed by atoms with Crippen LogP contribution in [0, 0.1) is 11.8 Å². The molecule has 0 rings (SSSR count). The van der Waals surface area contributed by atoms with E-state index in [9.17, 15) is 0 Å².